The number of hydrogen-bond acceptors (Lipinski definition) is 6. The van der Waals surface area contributed by atoms with Gasteiger partial charge in [0.2, 0.25) is 0 Å². The highest BCUT2D eigenvalue weighted by molar-refractivity contribution is 6.05. The molecule has 0 saturated carbocycles. The van der Waals surface area contributed by atoms with Crippen LogP contribution in [0, 0.1) is 0 Å². The Morgan fingerprint density at radius 2 is 1.71 bits per heavy atom. The normalized spacial score (nSPS) is 11.2. The molecule has 34 heavy (non-hydrogen) atoms. The molecule has 174 valence electrons. The van der Waals surface area contributed by atoms with Crippen molar-refractivity contribution in [3.8, 4) is 17.2 Å². The molecule has 8 heteroatoms. The molecule has 0 aliphatic carbocycles. The summed E-state index contributed by atoms with van der Waals surface area (Å²) in [6, 6.07) is 20.3. The Bertz CT molecular complexity index is 1190. The second kappa shape index (κ2) is 11.9. The number of rotatable bonds is 9. The molecule has 3 rings (SSSR count). The number of benzene rings is 3. The fourth-order valence-electron chi connectivity index (χ4n) is 2.92. The minimum atomic E-state index is -0.611. The van der Waals surface area contributed by atoms with Crippen LogP contribution < -0.4 is 20.2 Å². The predicted molar refractivity (Wildman–Crippen MR) is 130 cm³/mol. The van der Waals surface area contributed by atoms with Crippen LogP contribution in [0.25, 0.3) is 6.08 Å². The van der Waals surface area contributed by atoms with Gasteiger partial charge in [-0.2, -0.15) is 5.10 Å². The van der Waals surface area contributed by atoms with Gasteiger partial charge in [-0.1, -0.05) is 30.3 Å². The Labute approximate surface area is 197 Å². The van der Waals surface area contributed by atoms with Gasteiger partial charge in [0.25, 0.3) is 11.8 Å². The molecule has 0 atom stereocenters. The van der Waals surface area contributed by atoms with Crippen molar-refractivity contribution in [2.75, 3.05) is 13.7 Å². The molecule has 0 bridgehead atoms. The van der Waals surface area contributed by atoms with Gasteiger partial charge in [0.1, 0.15) is 11.4 Å². The van der Waals surface area contributed by atoms with Crippen LogP contribution in [0.3, 0.4) is 0 Å². The lowest BCUT2D eigenvalue weighted by molar-refractivity contribution is -0.117. The Morgan fingerprint density at radius 3 is 2.38 bits per heavy atom. The zero-order valence-electron chi connectivity index (χ0n) is 18.8. The number of ether oxygens (including phenoxy) is 2. The number of amides is 2. The summed E-state index contributed by atoms with van der Waals surface area (Å²) in [5.74, 6) is -0.0507. The monoisotopic (exact) mass is 459 g/mol. The van der Waals surface area contributed by atoms with Crippen molar-refractivity contribution >= 4 is 24.1 Å². The smallest absolute Gasteiger partial charge is 0.287 e. The molecule has 8 nitrogen and oxygen atoms in total. The number of aromatic hydroxyl groups is 1. The van der Waals surface area contributed by atoms with Crippen LogP contribution in [0.4, 0.5) is 0 Å². The van der Waals surface area contributed by atoms with Gasteiger partial charge in [0.15, 0.2) is 11.5 Å². The number of nitrogens with zero attached hydrogens (tertiary/aromatic N) is 1. The van der Waals surface area contributed by atoms with Crippen LogP contribution in [0.15, 0.2) is 83.6 Å². The summed E-state index contributed by atoms with van der Waals surface area (Å²) in [6.45, 7) is 2.20. The summed E-state index contributed by atoms with van der Waals surface area (Å²) in [5.41, 5.74) is 4.13. The summed E-state index contributed by atoms with van der Waals surface area (Å²) in [4.78, 5) is 25.5. The third-order valence-electron chi connectivity index (χ3n) is 4.62. The molecular weight excluding hydrogens is 434 g/mol. The Kier molecular flexibility index (Phi) is 8.40. The van der Waals surface area contributed by atoms with E-state index in [1.807, 2.05) is 0 Å². The van der Waals surface area contributed by atoms with E-state index in [1.165, 1.54) is 12.3 Å². The number of phenols is 1. The molecule has 0 aliphatic rings. The molecule has 0 radical (unpaired) electrons. The van der Waals surface area contributed by atoms with Crippen LogP contribution in [-0.4, -0.2) is 36.9 Å². The second-order valence-corrected chi connectivity index (χ2v) is 7.01. The maximum absolute atomic E-state index is 12.9. The molecular formula is C26H25N3O5. The van der Waals surface area contributed by atoms with Crippen molar-refractivity contribution < 1.29 is 24.2 Å². The number of nitrogens with one attached hydrogen (secondary N) is 2. The van der Waals surface area contributed by atoms with Gasteiger partial charge in [0.05, 0.1) is 19.9 Å². The molecule has 0 fully saturated rings. The van der Waals surface area contributed by atoms with Crippen LogP contribution in [0.5, 0.6) is 17.2 Å². The highest BCUT2D eigenvalue weighted by Gasteiger charge is 2.14. The van der Waals surface area contributed by atoms with E-state index in [2.05, 4.69) is 15.8 Å². The summed E-state index contributed by atoms with van der Waals surface area (Å²) in [5, 5.41) is 16.4. The van der Waals surface area contributed by atoms with E-state index in [1.54, 1.807) is 86.8 Å². The molecule has 3 aromatic carbocycles. The van der Waals surface area contributed by atoms with Crippen molar-refractivity contribution in [1.82, 2.24) is 10.7 Å². The summed E-state index contributed by atoms with van der Waals surface area (Å²) in [6.07, 6.45) is 2.95. The van der Waals surface area contributed by atoms with Gasteiger partial charge in [-0.25, -0.2) is 5.43 Å². The maximum Gasteiger partial charge on any atom is 0.287 e. The molecule has 0 aromatic heterocycles. The van der Waals surface area contributed by atoms with E-state index >= 15 is 0 Å². The van der Waals surface area contributed by atoms with Crippen LogP contribution in [0.1, 0.15) is 28.4 Å². The van der Waals surface area contributed by atoms with Gasteiger partial charge >= 0.3 is 0 Å². The Balaban J connectivity index is 1.79. The molecule has 0 heterocycles. The lowest BCUT2D eigenvalue weighted by Gasteiger charge is -2.10. The van der Waals surface area contributed by atoms with Crippen molar-refractivity contribution in [3.63, 3.8) is 0 Å². The van der Waals surface area contributed by atoms with Gasteiger partial charge in [-0.05, 0) is 66.6 Å². The number of hydrogen-bond donors (Lipinski definition) is 3. The Hall–Kier alpha value is -4.59. The van der Waals surface area contributed by atoms with Crippen molar-refractivity contribution in [2.24, 2.45) is 5.10 Å². The maximum atomic E-state index is 12.9. The van der Waals surface area contributed by atoms with Crippen molar-refractivity contribution in [2.45, 2.75) is 6.92 Å². The average molecular weight is 460 g/mol. The Morgan fingerprint density at radius 1 is 1.00 bits per heavy atom. The predicted octanol–water partition coefficient (Wildman–Crippen LogP) is 3.72. The van der Waals surface area contributed by atoms with Crippen molar-refractivity contribution in [3.05, 3.63) is 95.2 Å². The van der Waals surface area contributed by atoms with Gasteiger partial charge in [0, 0.05) is 5.56 Å². The molecule has 0 aliphatic heterocycles. The molecule has 0 saturated heterocycles. The molecule has 2 amide bonds. The van der Waals surface area contributed by atoms with Crippen LogP contribution >= 0.6 is 0 Å². The van der Waals surface area contributed by atoms with Gasteiger partial charge in [-0.3, -0.25) is 9.59 Å². The van der Waals surface area contributed by atoms with Crippen LogP contribution in [-0.2, 0) is 4.79 Å². The molecule has 3 aromatic rings. The lowest BCUT2D eigenvalue weighted by atomic mass is 10.1. The number of hydrazone groups is 1. The average Bonchev–Trinajstić information content (AvgIpc) is 2.86. The van der Waals surface area contributed by atoms with Crippen molar-refractivity contribution in [1.29, 1.82) is 0 Å². The number of carbonyl (C=O) groups excluding carboxylic acids is 2. The summed E-state index contributed by atoms with van der Waals surface area (Å²) >= 11 is 0. The minimum absolute atomic E-state index is 0.0105. The highest BCUT2D eigenvalue weighted by atomic mass is 16.5. The van der Waals surface area contributed by atoms with Gasteiger partial charge in [-0.15, -0.1) is 0 Å². The van der Waals surface area contributed by atoms with E-state index < -0.39 is 11.8 Å². The quantitative estimate of drug-likeness (QED) is 0.257. The first-order chi connectivity index (χ1) is 16.5. The lowest BCUT2D eigenvalue weighted by Crippen LogP contribution is -2.32. The van der Waals surface area contributed by atoms with Gasteiger partial charge < -0.3 is 19.9 Å². The fraction of sp³-hybridized carbons (Fsp3) is 0.115. The number of carbonyl (C=O) groups is 2. The van der Waals surface area contributed by atoms with E-state index in [-0.39, 0.29) is 11.4 Å². The zero-order valence-corrected chi connectivity index (χ0v) is 18.8. The summed E-state index contributed by atoms with van der Waals surface area (Å²) in [7, 11) is 1.56. The topological polar surface area (TPSA) is 109 Å². The second-order valence-electron chi connectivity index (χ2n) is 7.01. The van der Waals surface area contributed by atoms with E-state index in [0.29, 0.717) is 34.8 Å². The molecule has 0 spiro atoms. The zero-order chi connectivity index (χ0) is 24.3. The third-order valence-corrected chi connectivity index (χ3v) is 4.62. The third kappa shape index (κ3) is 6.70. The minimum Gasteiger partial charge on any atom is -0.504 e. The summed E-state index contributed by atoms with van der Waals surface area (Å²) < 4.78 is 10.5. The standard InChI is InChI=1S/C26H25N3O5/c1-3-34-24-16-19(11-14-23(24)30)17-27-29-26(32)22(15-18-9-12-21(33-2)13-10-18)28-25(31)20-7-5-4-6-8-20/h4-17,30H,3H2,1-2H3,(H,28,31)(H,29,32)/b22-15?,27-17+. The first-order valence-electron chi connectivity index (χ1n) is 10.5. The molecule has 0 unspecified atom stereocenters. The molecule has 3 N–H and O–H groups in total. The highest BCUT2D eigenvalue weighted by Crippen LogP contribution is 2.26. The largest absolute Gasteiger partial charge is 0.504 e. The van der Waals surface area contributed by atoms with E-state index in [4.69, 9.17) is 9.47 Å². The first-order valence-corrected chi connectivity index (χ1v) is 10.5. The van der Waals surface area contributed by atoms with E-state index in [9.17, 15) is 14.7 Å². The number of phenolic OH excluding ortho intramolecular Hbond substituents is 1. The van der Waals surface area contributed by atoms with E-state index in [0.717, 1.165) is 0 Å². The number of methoxy groups -OCH3 is 1. The fourth-order valence-corrected chi connectivity index (χ4v) is 2.92. The van der Waals surface area contributed by atoms with Crippen LogP contribution in [0.2, 0.25) is 0 Å². The first kappa shape index (κ1) is 24.1. The SMILES string of the molecule is CCOc1cc(/C=N/NC(=O)C(=Cc2ccc(OC)cc2)NC(=O)c2ccccc2)ccc1O.